The van der Waals surface area contributed by atoms with Crippen LogP contribution < -0.4 is 5.32 Å². The molecule has 0 saturated carbocycles. The Kier molecular flexibility index (Phi) is 40.5. The minimum absolute atomic E-state index is 0.237. The fourth-order valence-electron chi connectivity index (χ4n) is 4.33. The lowest BCUT2D eigenvalue weighted by Gasteiger charge is -2.09. The van der Waals surface area contributed by atoms with Gasteiger partial charge >= 0.3 is 6.09 Å². The molecule has 0 atom stereocenters. The highest BCUT2D eigenvalue weighted by molar-refractivity contribution is 5.67. The third-order valence-electron chi connectivity index (χ3n) is 7.21. The molecule has 1 N–H and O–H groups in total. The van der Waals surface area contributed by atoms with Crippen LogP contribution in [-0.2, 0) is 68.2 Å². The van der Waals surface area contributed by atoms with Crippen molar-refractivity contribution in [1.29, 1.82) is 0 Å². The summed E-state index contributed by atoms with van der Waals surface area (Å²) in [7, 11) is 0. The summed E-state index contributed by atoms with van der Waals surface area (Å²) in [5, 5.41) is 2.65. The zero-order chi connectivity index (χ0) is 38.5. The van der Waals surface area contributed by atoms with Crippen LogP contribution in [0.2, 0.25) is 0 Å². The molecule has 0 saturated heterocycles. The molecular formula is C39H71NO14. The Bertz CT molecular complexity index is 873. The number of carbonyl (C=O) groups is 1. The van der Waals surface area contributed by atoms with Crippen molar-refractivity contribution in [1.82, 2.24) is 5.32 Å². The van der Waals surface area contributed by atoms with Crippen molar-refractivity contribution in [2.24, 2.45) is 0 Å². The molecule has 0 aliphatic carbocycles. The third kappa shape index (κ3) is 39.7. The molecule has 1 aromatic rings. The maximum atomic E-state index is 11.7. The first-order chi connectivity index (χ1) is 26.8. The smallest absolute Gasteiger partial charge is 0.407 e. The van der Waals surface area contributed by atoms with Crippen molar-refractivity contribution in [3.63, 3.8) is 0 Å². The van der Waals surface area contributed by atoms with Crippen molar-refractivity contribution in [3.8, 4) is 0 Å². The summed E-state index contributed by atoms with van der Waals surface area (Å²) in [6.07, 6.45) is 5.79. The molecule has 0 spiro atoms. The Labute approximate surface area is 324 Å². The van der Waals surface area contributed by atoms with Gasteiger partial charge in [-0.15, -0.1) is 0 Å². The van der Waals surface area contributed by atoms with Gasteiger partial charge in [0.05, 0.1) is 152 Å². The standard InChI is InChI=1S/C39H71NO14/c1-2-3-4-5-9-13-42-15-17-44-19-21-46-23-25-48-27-29-50-31-33-52-35-36-53-34-32-51-30-28-49-26-24-47-22-20-45-18-16-43-14-12-40-39(41)54-37-38-10-7-6-8-11-38/h6-8,10-11H,2-5,9,12-37H2,1H3,(H,40,41). The second kappa shape index (κ2) is 43.7. The van der Waals surface area contributed by atoms with Gasteiger partial charge in [0.25, 0.3) is 0 Å². The molecule has 0 aromatic heterocycles. The van der Waals surface area contributed by atoms with Gasteiger partial charge in [-0.2, -0.15) is 0 Å². The molecule has 1 rings (SSSR count). The van der Waals surface area contributed by atoms with Crippen LogP contribution in [0.5, 0.6) is 0 Å². The van der Waals surface area contributed by atoms with Gasteiger partial charge in [-0.25, -0.2) is 4.79 Å². The number of amides is 1. The minimum Gasteiger partial charge on any atom is -0.445 e. The van der Waals surface area contributed by atoms with Crippen LogP contribution >= 0.6 is 0 Å². The van der Waals surface area contributed by atoms with E-state index in [0.717, 1.165) is 18.6 Å². The number of carbonyl (C=O) groups excluding carboxylic acids is 1. The topological polar surface area (TPSA) is 149 Å². The van der Waals surface area contributed by atoms with Crippen LogP contribution in [0.3, 0.4) is 0 Å². The van der Waals surface area contributed by atoms with E-state index in [4.69, 9.17) is 61.6 Å². The Hall–Kier alpha value is -1.99. The quantitative estimate of drug-likeness (QED) is 0.0949. The molecule has 1 amide bonds. The molecule has 316 valence electrons. The van der Waals surface area contributed by atoms with Gasteiger partial charge in [-0.3, -0.25) is 0 Å². The van der Waals surface area contributed by atoms with Gasteiger partial charge in [-0.05, 0) is 12.0 Å². The highest BCUT2D eigenvalue weighted by atomic mass is 16.6. The lowest BCUT2D eigenvalue weighted by molar-refractivity contribution is -0.0283. The summed E-state index contributed by atoms with van der Waals surface area (Å²) in [4.78, 5) is 11.7. The summed E-state index contributed by atoms with van der Waals surface area (Å²) in [5.74, 6) is 0. The van der Waals surface area contributed by atoms with Crippen LogP contribution in [0.1, 0.15) is 44.6 Å². The predicted molar refractivity (Wildman–Crippen MR) is 203 cm³/mol. The lowest BCUT2D eigenvalue weighted by atomic mass is 10.2. The first kappa shape index (κ1) is 50.0. The number of hydrogen-bond acceptors (Lipinski definition) is 14. The van der Waals surface area contributed by atoms with E-state index in [0.29, 0.717) is 159 Å². The number of ether oxygens (including phenoxy) is 13. The van der Waals surface area contributed by atoms with E-state index >= 15 is 0 Å². The number of rotatable bonds is 44. The second-order valence-electron chi connectivity index (χ2n) is 11.8. The predicted octanol–water partition coefficient (Wildman–Crippen LogP) is 4.08. The van der Waals surface area contributed by atoms with Gasteiger partial charge in [0.1, 0.15) is 6.61 Å². The molecule has 0 unspecified atom stereocenters. The lowest BCUT2D eigenvalue weighted by Crippen LogP contribution is -2.28. The first-order valence-electron chi connectivity index (χ1n) is 19.7. The molecule has 54 heavy (non-hydrogen) atoms. The summed E-state index contributed by atoms with van der Waals surface area (Å²) in [6, 6.07) is 9.51. The molecular weight excluding hydrogens is 706 g/mol. The monoisotopic (exact) mass is 777 g/mol. The Morgan fingerprint density at radius 1 is 0.407 bits per heavy atom. The van der Waals surface area contributed by atoms with E-state index in [9.17, 15) is 4.79 Å². The summed E-state index contributed by atoms with van der Waals surface area (Å²) < 4.78 is 71.0. The number of benzene rings is 1. The van der Waals surface area contributed by atoms with E-state index in [2.05, 4.69) is 12.2 Å². The van der Waals surface area contributed by atoms with Crippen LogP contribution in [0.4, 0.5) is 4.79 Å². The number of unbranched alkanes of at least 4 members (excludes halogenated alkanes) is 4. The highest BCUT2D eigenvalue weighted by Gasteiger charge is 2.02. The molecule has 0 heterocycles. The number of nitrogens with one attached hydrogen (secondary N) is 1. The summed E-state index contributed by atoms with van der Waals surface area (Å²) in [5.41, 5.74) is 0.938. The molecule has 0 bridgehead atoms. The third-order valence-corrected chi connectivity index (χ3v) is 7.21. The molecule has 0 aliphatic heterocycles. The van der Waals surface area contributed by atoms with Gasteiger partial charge in [0.2, 0.25) is 0 Å². The Balaban J connectivity index is 1.62. The normalized spacial score (nSPS) is 11.4. The average Bonchev–Trinajstić information content (AvgIpc) is 3.19. The van der Waals surface area contributed by atoms with Crippen LogP contribution in [0.25, 0.3) is 0 Å². The number of hydrogen-bond donors (Lipinski definition) is 1. The maximum absolute atomic E-state index is 11.7. The van der Waals surface area contributed by atoms with E-state index in [1.165, 1.54) is 25.7 Å². The maximum Gasteiger partial charge on any atom is 0.407 e. The SMILES string of the molecule is CCCCCCCOCCOCCOCCOCCOCCOCCOCCOCCOCCOCCOCCOCCNC(=O)OCc1ccccc1. The minimum atomic E-state index is -0.469. The van der Waals surface area contributed by atoms with Crippen molar-refractivity contribution in [2.45, 2.75) is 45.6 Å². The second-order valence-corrected chi connectivity index (χ2v) is 11.8. The van der Waals surface area contributed by atoms with Gasteiger partial charge in [0, 0.05) is 13.2 Å². The first-order valence-corrected chi connectivity index (χ1v) is 19.7. The van der Waals surface area contributed by atoms with E-state index < -0.39 is 6.09 Å². The zero-order valence-electron chi connectivity index (χ0n) is 33.0. The van der Waals surface area contributed by atoms with Crippen LogP contribution in [-0.4, -0.2) is 171 Å². The van der Waals surface area contributed by atoms with Crippen LogP contribution in [0.15, 0.2) is 30.3 Å². The van der Waals surface area contributed by atoms with E-state index in [-0.39, 0.29) is 6.61 Å². The van der Waals surface area contributed by atoms with Gasteiger partial charge in [0.15, 0.2) is 0 Å². The molecule has 1 aromatic carbocycles. The van der Waals surface area contributed by atoms with Gasteiger partial charge in [-0.1, -0.05) is 62.9 Å². The molecule has 0 fully saturated rings. The average molecular weight is 778 g/mol. The van der Waals surface area contributed by atoms with Crippen LogP contribution in [0, 0.1) is 0 Å². The van der Waals surface area contributed by atoms with Crippen molar-refractivity contribution < 1.29 is 66.4 Å². The van der Waals surface area contributed by atoms with Crippen molar-refractivity contribution in [3.05, 3.63) is 35.9 Å². The van der Waals surface area contributed by atoms with Crippen molar-refractivity contribution >= 4 is 6.09 Å². The summed E-state index contributed by atoms with van der Waals surface area (Å²) in [6.45, 7) is 15.3. The Morgan fingerprint density at radius 3 is 1.07 bits per heavy atom. The molecule has 15 nitrogen and oxygen atoms in total. The summed E-state index contributed by atoms with van der Waals surface area (Å²) >= 11 is 0. The number of alkyl carbamates (subject to hydrolysis) is 1. The zero-order valence-corrected chi connectivity index (χ0v) is 33.0. The fraction of sp³-hybridized carbons (Fsp3) is 0.821. The van der Waals surface area contributed by atoms with E-state index in [1.54, 1.807) is 0 Å². The molecule has 15 heteroatoms. The highest BCUT2D eigenvalue weighted by Crippen LogP contribution is 2.02. The van der Waals surface area contributed by atoms with Gasteiger partial charge < -0.3 is 66.9 Å². The Morgan fingerprint density at radius 2 is 0.722 bits per heavy atom. The molecule has 0 radical (unpaired) electrons. The largest absolute Gasteiger partial charge is 0.445 e. The fourth-order valence-corrected chi connectivity index (χ4v) is 4.33. The molecule has 0 aliphatic rings. The van der Waals surface area contributed by atoms with Crippen molar-refractivity contribution in [2.75, 3.05) is 165 Å². The van der Waals surface area contributed by atoms with E-state index in [1.807, 2.05) is 30.3 Å².